The molecule has 32 heavy (non-hydrogen) atoms. The number of carbonyl (C=O) groups excluding carboxylic acids is 4. The van der Waals surface area contributed by atoms with Crippen molar-refractivity contribution in [2.75, 3.05) is 19.8 Å². The third-order valence-corrected chi connectivity index (χ3v) is 5.33. The number of fused-ring (bicyclic) bond motifs is 1. The predicted octanol–water partition coefficient (Wildman–Crippen LogP) is 1.28. The molecule has 0 bridgehead atoms. The van der Waals surface area contributed by atoms with Gasteiger partial charge in [0.05, 0.1) is 12.5 Å². The molecule has 1 aliphatic heterocycles. The number of hydrogen-bond acceptors (Lipinski definition) is 4. The van der Waals surface area contributed by atoms with Crippen molar-refractivity contribution in [2.45, 2.75) is 32.7 Å². The average Bonchev–Trinajstić information content (AvgIpc) is 3.37. The molecule has 1 aliphatic rings. The van der Waals surface area contributed by atoms with Crippen molar-refractivity contribution in [3.63, 3.8) is 0 Å². The fourth-order valence-corrected chi connectivity index (χ4v) is 3.67. The molecule has 9 nitrogen and oxygen atoms in total. The molecule has 4 amide bonds. The number of nitrogens with one attached hydrogen (secondary N) is 4. The zero-order chi connectivity index (χ0) is 23.3. The lowest BCUT2D eigenvalue weighted by molar-refractivity contribution is -0.144. The summed E-state index contributed by atoms with van der Waals surface area (Å²) in [5, 5.41) is 7.03. The fourth-order valence-electron chi connectivity index (χ4n) is 3.67. The number of para-hydroxylation sites is 1. The van der Waals surface area contributed by atoms with Crippen molar-refractivity contribution in [2.24, 2.45) is 11.8 Å². The van der Waals surface area contributed by atoms with Gasteiger partial charge in [0.25, 0.3) is 17.7 Å². The van der Waals surface area contributed by atoms with E-state index >= 15 is 0 Å². The summed E-state index contributed by atoms with van der Waals surface area (Å²) >= 11 is 0. The SMILES string of the molecule is CC(C)C[C@H](NC(=O)c1cc2ccccc2[nH]1)C(=O)NN(CC1CCNC1=O)C(=O)CF. The van der Waals surface area contributed by atoms with Gasteiger partial charge in [-0.3, -0.25) is 29.6 Å². The molecular weight excluding hydrogens is 417 g/mol. The van der Waals surface area contributed by atoms with Crippen molar-refractivity contribution >= 4 is 34.5 Å². The second-order valence-electron chi connectivity index (χ2n) is 8.32. The first-order chi connectivity index (χ1) is 15.3. The van der Waals surface area contributed by atoms with Gasteiger partial charge in [-0.05, 0) is 30.9 Å². The van der Waals surface area contributed by atoms with Crippen LogP contribution in [0.2, 0.25) is 0 Å². The van der Waals surface area contributed by atoms with E-state index in [0.29, 0.717) is 25.1 Å². The van der Waals surface area contributed by atoms with Crippen LogP contribution in [0.15, 0.2) is 30.3 Å². The molecule has 0 aliphatic carbocycles. The molecule has 2 atom stereocenters. The standard InChI is InChI=1S/C22H28FN5O4/c1-13(2)9-17(26-21(31)18-10-14-5-3-4-6-16(14)25-18)22(32)27-28(19(29)11-23)12-15-7-8-24-20(15)30/h3-6,10,13,15,17,25H,7-9,11-12H2,1-2H3,(H,24,30)(H,26,31)(H,27,32)/t15?,17-/m0/s1. The van der Waals surface area contributed by atoms with Crippen LogP contribution in [0.3, 0.4) is 0 Å². The second kappa shape index (κ2) is 10.3. The molecule has 3 rings (SSSR count). The number of aromatic nitrogens is 1. The van der Waals surface area contributed by atoms with Crippen molar-refractivity contribution in [3.8, 4) is 0 Å². The summed E-state index contributed by atoms with van der Waals surface area (Å²) in [5.74, 6) is -2.80. The summed E-state index contributed by atoms with van der Waals surface area (Å²) in [7, 11) is 0. The summed E-state index contributed by atoms with van der Waals surface area (Å²) in [4.78, 5) is 52.6. The minimum atomic E-state index is -1.31. The van der Waals surface area contributed by atoms with Gasteiger partial charge in [-0.25, -0.2) is 4.39 Å². The summed E-state index contributed by atoms with van der Waals surface area (Å²) in [6, 6.07) is 8.13. The zero-order valence-corrected chi connectivity index (χ0v) is 18.1. The highest BCUT2D eigenvalue weighted by atomic mass is 19.1. The molecule has 4 N–H and O–H groups in total. The van der Waals surface area contributed by atoms with Crippen LogP contribution in [0, 0.1) is 11.8 Å². The van der Waals surface area contributed by atoms with Crippen molar-refractivity contribution in [1.82, 2.24) is 26.1 Å². The molecule has 0 radical (unpaired) electrons. The van der Waals surface area contributed by atoms with Gasteiger partial charge in [0.2, 0.25) is 5.91 Å². The molecule has 1 saturated heterocycles. The fraction of sp³-hybridized carbons (Fsp3) is 0.455. The van der Waals surface area contributed by atoms with Crippen LogP contribution in [0.25, 0.3) is 10.9 Å². The number of H-pyrrole nitrogens is 1. The second-order valence-corrected chi connectivity index (χ2v) is 8.32. The number of halogens is 1. The van der Waals surface area contributed by atoms with Gasteiger partial charge in [-0.15, -0.1) is 0 Å². The number of hydrogen-bond donors (Lipinski definition) is 4. The van der Waals surface area contributed by atoms with Gasteiger partial charge >= 0.3 is 0 Å². The molecule has 10 heteroatoms. The van der Waals surface area contributed by atoms with Crippen molar-refractivity contribution in [1.29, 1.82) is 0 Å². The van der Waals surface area contributed by atoms with E-state index in [4.69, 9.17) is 0 Å². The van der Waals surface area contributed by atoms with Crippen molar-refractivity contribution in [3.05, 3.63) is 36.0 Å². The number of nitrogens with zero attached hydrogens (tertiary/aromatic N) is 1. The average molecular weight is 445 g/mol. The number of hydrazine groups is 1. The molecule has 2 heterocycles. The lowest BCUT2D eigenvalue weighted by Crippen LogP contribution is -2.56. The summed E-state index contributed by atoms with van der Waals surface area (Å²) in [6.07, 6.45) is 0.788. The Morgan fingerprint density at radius 3 is 2.62 bits per heavy atom. The van der Waals surface area contributed by atoms with E-state index in [9.17, 15) is 23.6 Å². The lowest BCUT2D eigenvalue weighted by atomic mass is 10.0. The third kappa shape index (κ3) is 5.63. The summed E-state index contributed by atoms with van der Waals surface area (Å²) in [5.41, 5.74) is 3.49. The molecule has 1 aromatic carbocycles. The third-order valence-electron chi connectivity index (χ3n) is 5.33. The smallest absolute Gasteiger partial charge is 0.272 e. The van der Waals surface area contributed by atoms with Crippen LogP contribution >= 0.6 is 0 Å². The van der Waals surface area contributed by atoms with Crippen LogP contribution in [0.4, 0.5) is 4.39 Å². The molecule has 0 spiro atoms. The maximum Gasteiger partial charge on any atom is 0.272 e. The Kier molecular flexibility index (Phi) is 7.45. The van der Waals surface area contributed by atoms with Gasteiger partial charge in [-0.1, -0.05) is 32.0 Å². The molecule has 0 saturated carbocycles. The molecule has 1 fully saturated rings. The topological polar surface area (TPSA) is 123 Å². The number of rotatable bonds is 8. The largest absolute Gasteiger partial charge is 0.356 e. The van der Waals surface area contributed by atoms with Gasteiger partial charge in [-0.2, -0.15) is 0 Å². The first-order valence-corrected chi connectivity index (χ1v) is 10.6. The van der Waals surface area contributed by atoms with E-state index in [1.165, 1.54) is 0 Å². The Morgan fingerprint density at radius 2 is 2.00 bits per heavy atom. The quantitative estimate of drug-likeness (QED) is 0.457. The molecule has 172 valence electrons. The van der Waals surface area contributed by atoms with Gasteiger partial charge in [0.15, 0.2) is 6.67 Å². The van der Waals surface area contributed by atoms with E-state index in [0.717, 1.165) is 15.9 Å². The first kappa shape index (κ1) is 23.2. The highest BCUT2D eigenvalue weighted by Gasteiger charge is 2.31. The van der Waals surface area contributed by atoms with Crippen LogP contribution in [-0.2, 0) is 14.4 Å². The highest BCUT2D eigenvalue weighted by molar-refractivity contribution is 6.00. The number of amides is 4. The summed E-state index contributed by atoms with van der Waals surface area (Å²) in [6.45, 7) is 2.80. The Labute approximate surface area is 185 Å². The molecular formula is C22H28FN5O4. The maximum absolute atomic E-state index is 13.1. The Hall–Kier alpha value is -3.43. The number of aromatic amines is 1. The van der Waals surface area contributed by atoms with Crippen molar-refractivity contribution < 1.29 is 23.6 Å². The predicted molar refractivity (Wildman–Crippen MR) is 116 cm³/mol. The van der Waals surface area contributed by atoms with Crippen LogP contribution < -0.4 is 16.1 Å². The maximum atomic E-state index is 13.1. The minimum absolute atomic E-state index is 0.0553. The molecule has 2 aromatic rings. The zero-order valence-electron chi connectivity index (χ0n) is 18.1. The number of benzene rings is 1. The van der Waals surface area contributed by atoms with Gasteiger partial charge in [0, 0.05) is 17.4 Å². The molecule has 1 unspecified atom stereocenters. The normalized spacial score (nSPS) is 16.6. The van der Waals surface area contributed by atoms with Gasteiger partial charge < -0.3 is 15.6 Å². The van der Waals surface area contributed by atoms with E-state index in [1.54, 1.807) is 6.07 Å². The van der Waals surface area contributed by atoms with E-state index in [2.05, 4.69) is 21.0 Å². The molecule has 1 aromatic heterocycles. The van der Waals surface area contributed by atoms with Crippen LogP contribution in [-0.4, -0.2) is 59.4 Å². The van der Waals surface area contributed by atoms with Gasteiger partial charge in [0.1, 0.15) is 11.7 Å². The monoisotopic (exact) mass is 445 g/mol. The first-order valence-electron chi connectivity index (χ1n) is 10.6. The lowest BCUT2D eigenvalue weighted by Gasteiger charge is -2.27. The van der Waals surface area contributed by atoms with Crippen LogP contribution in [0.1, 0.15) is 37.2 Å². The Balaban J connectivity index is 1.72. The Morgan fingerprint density at radius 1 is 1.25 bits per heavy atom. The van der Waals surface area contributed by atoms with Crippen LogP contribution in [0.5, 0.6) is 0 Å². The summed E-state index contributed by atoms with van der Waals surface area (Å²) < 4.78 is 13.1. The number of alkyl halides is 1. The Bertz CT molecular complexity index is 972. The highest BCUT2D eigenvalue weighted by Crippen LogP contribution is 2.16. The van der Waals surface area contributed by atoms with E-state index in [1.807, 2.05) is 38.1 Å². The minimum Gasteiger partial charge on any atom is -0.356 e. The number of carbonyl (C=O) groups is 4. The van der Waals surface area contributed by atoms with E-state index in [-0.39, 0.29) is 18.4 Å². The van der Waals surface area contributed by atoms with E-state index < -0.39 is 36.4 Å².